The first-order valence-electron chi connectivity index (χ1n) is 3.51. The third-order valence-electron chi connectivity index (χ3n) is 1.09. The first-order valence-corrected chi connectivity index (χ1v) is 3.51. The Kier molecular flexibility index (Phi) is 4.03. The number of halogens is 5. The lowest BCUT2D eigenvalue weighted by Crippen LogP contribution is -2.34. The third-order valence-corrected chi connectivity index (χ3v) is 1.09. The Hall–Kier alpha value is -1.14. The summed E-state index contributed by atoms with van der Waals surface area (Å²) in [6.45, 7) is 1.30. The molecular weight excluding hydrogens is 211 g/mol. The van der Waals surface area contributed by atoms with Crippen LogP contribution in [-0.2, 0) is 9.53 Å². The van der Waals surface area contributed by atoms with Crippen LogP contribution in [-0.4, -0.2) is 24.7 Å². The van der Waals surface area contributed by atoms with Crippen LogP contribution in [0.15, 0.2) is 12.2 Å². The van der Waals surface area contributed by atoms with E-state index in [-0.39, 0.29) is 12.7 Å². The molecule has 0 fully saturated rings. The van der Waals surface area contributed by atoms with Crippen molar-refractivity contribution in [2.45, 2.75) is 19.0 Å². The summed E-state index contributed by atoms with van der Waals surface area (Å²) in [6.07, 6.45) is -6.18. The summed E-state index contributed by atoms with van der Waals surface area (Å²) in [6, 6.07) is 0. The zero-order valence-corrected chi connectivity index (χ0v) is 7.07. The second-order valence-electron chi connectivity index (χ2n) is 2.21. The van der Waals surface area contributed by atoms with Gasteiger partial charge in [-0.15, -0.1) is 0 Å². The molecule has 0 aliphatic carbocycles. The Labute approximate surface area is 76.3 Å². The number of allylic oxidation sites excluding steroid dienone is 1. The lowest BCUT2D eigenvalue weighted by Gasteiger charge is -2.14. The van der Waals surface area contributed by atoms with Gasteiger partial charge < -0.3 is 4.74 Å². The lowest BCUT2D eigenvalue weighted by atomic mass is 10.3. The fraction of sp³-hybridized carbons (Fsp3) is 0.571. The molecule has 0 heterocycles. The van der Waals surface area contributed by atoms with Crippen molar-refractivity contribution in [3.05, 3.63) is 12.2 Å². The molecule has 0 aromatic rings. The van der Waals surface area contributed by atoms with E-state index in [2.05, 4.69) is 4.74 Å². The first-order chi connectivity index (χ1) is 6.20. The maximum Gasteiger partial charge on any atom is 0.457 e. The van der Waals surface area contributed by atoms with E-state index in [0.717, 1.165) is 0 Å². The van der Waals surface area contributed by atoms with Crippen molar-refractivity contribution in [2.24, 2.45) is 0 Å². The van der Waals surface area contributed by atoms with Gasteiger partial charge in [0.1, 0.15) is 0 Å². The number of hydrogen-bond acceptors (Lipinski definition) is 2. The molecule has 0 N–H and O–H groups in total. The Morgan fingerprint density at radius 2 is 1.79 bits per heavy atom. The van der Waals surface area contributed by atoms with Crippen LogP contribution >= 0.6 is 0 Å². The highest BCUT2D eigenvalue weighted by Crippen LogP contribution is 2.36. The summed E-state index contributed by atoms with van der Waals surface area (Å²) in [5, 5.41) is 0. The van der Waals surface area contributed by atoms with Crippen LogP contribution in [0.4, 0.5) is 22.0 Å². The van der Waals surface area contributed by atoms with Crippen LogP contribution in [0.5, 0.6) is 0 Å². The molecule has 7 heteroatoms. The van der Waals surface area contributed by atoms with Gasteiger partial charge in [0.15, 0.2) is 0 Å². The second kappa shape index (κ2) is 4.39. The number of rotatable bonds is 3. The molecule has 0 radical (unpaired) electrons. The molecule has 0 saturated carbocycles. The normalized spacial score (nSPS) is 13.3. The molecule has 0 atom stereocenters. The molecule has 0 amide bonds. The highest BCUT2D eigenvalue weighted by atomic mass is 19.4. The van der Waals surface area contributed by atoms with Crippen LogP contribution in [0.2, 0.25) is 0 Å². The number of hydrogen-bond donors (Lipinski definition) is 0. The van der Waals surface area contributed by atoms with Crippen LogP contribution in [0.1, 0.15) is 6.92 Å². The summed E-state index contributed by atoms with van der Waals surface area (Å²) >= 11 is 0. The maximum atomic E-state index is 12.1. The fourth-order valence-corrected chi connectivity index (χ4v) is 0.458. The molecule has 0 unspecified atom stereocenters. The monoisotopic (exact) mass is 218 g/mol. The van der Waals surface area contributed by atoms with Crippen LogP contribution < -0.4 is 0 Å². The number of ether oxygens (including phenoxy) is 1. The molecule has 0 bridgehead atoms. The fourth-order valence-electron chi connectivity index (χ4n) is 0.458. The van der Waals surface area contributed by atoms with Crippen molar-refractivity contribution >= 4 is 5.97 Å². The van der Waals surface area contributed by atoms with Gasteiger partial charge in [0.05, 0.1) is 6.61 Å². The van der Waals surface area contributed by atoms with Crippen molar-refractivity contribution in [2.75, 3.05) is 6.61 Å². The van der Waals surface area contributed by atoms with Gasteiger partial charge >= 0.3 is 18.1 Å². The van der Waals surface area contributed by atoms with Gasteiger partial charge in [0.2, 0.25) is 0 Å². The molecule has 0 aromatic heterocycles. The number of esters is 1. The Morgan fingerprint density at radius 1 is 1.29 bits per heavy atom. The van der Waals surface area contributed by atoms with Crippen LogP contribution in [0, 0.1) is 0 Å². The van der Waals surface area contributed by atoms with Gasteiger partial charge in [-0.25, -0.2) is 4.79 Å². The van der Waals surface area contributed by atoms with E-state index in [9.17, 15) is 26.7 Å². The van der Waals surface area contributed by atoms with E-state index in [1.807, 2.05) is 0 Å². The van der Waals surface area contributed by atoms with Crippen molar-refractivity contribution < 1.29 is 31.5 Å². The van der Waals surface area contributed by atoms with Crippen molar-refractivity contribution in [1.29, 1.82) is 0 Å². The lowest BCUT2D eigenvalue weighted by molar-refractivity contribution is -0.259. The van der Waals surface area contributed by atoms with E-state index in [1.165, 1.54) is 6.92 Å². The van der Waals surface area contributed by atoms with E-state index >= 15 is 0 Å². The second-order valence-corrected chi connectivity index (χ2v) is 2.21. The van der Waals surface area contributed by atoms with Gasteiger partial charge in [-0.2, -0.15) is 22.0 Å². The van der Waals surface area contributed by atoms with Gasteiger partial charge in [-0.05, 0) is 6.92 Å². The minimum Gasteiger partial charge on any atom is -0.463 e. The van der Waals surface area contributed by atoms with E-state index in [4.69, 9.17) is 0 Å². The van der Waals surface area contributed by atoms with Gasteiger partial charge in [0, 0.05) is 12.2 Å². The zero-order chi connectivity index (χ0) is 11.4. The summed E-state index contributed by atoms with van der Waals surface area (Å²) in [7, 11) is 0. The van der Waals surface area contributed by atoms with Gasteiger partial charge in [-0.3, -0.25) is 0 Å². The molecule has 0 rings (SSSR count). The molecular formula is C7H7F5O2. The van der Waals surface area contributed by atoms with E-state index in [1.54, 1.807) is 0 Å². The number of alkyl halides is 5. The molecule has 14 heavy (non-hydrogen) atoms. The number of carbonyl (C=O) groups is 1. The molecule has 2 nitrogen and oxygen atoms in total. The summed E-state index contributed by atoms with van der Waals surface area (Å²) in [5.41, 5.74) is 0. The van der Waals surface area contributed by atoms with Gasteiger partial charge in [0.25, 0.3) is 0 Å². The predicted octanol–water partition coefficient (Wildman–Crippen LogP) is 2.30. The largest absolute Gasteiger partial charge is 0.463 e. The topological polar surface area (TPSA) is 26.3 Å². The van der Waals surface area contributed by atoms with E-state index < -0.39 is 24.1 Å². The highest BCUT2D eigenvalue weighted by molar-refractivity contribution is 5.82. The van der Waals surface area contributed by atoms with Crippen molar-refractivity contribution in [1.82, 2.24) is 0 Å². The van der Waals surface area contributed by atoms with Crippen molar-refractivity contribution in [3.63, 3.8) is 0 Å². The molecule has 0 aliphatic heterocycles. The minimum atomic E-state index is -5.70. The predicted molar refractivity (Wildman–Crippen MR) is 36.8 cm³/mol. The average molecular weight is 218 g/mol. The standard InChI is InChI=1S/C7H7F5O2/c1-2-14-5(13)3-4-6(8,9)7(10,11)12/h3-4H,2H2,1H3/b4-3+. The first kappa shape index (κ1) is 12.9. The quantitative estimate of drug-likeness (QED) is 0.412. The highest BCUT2D eigenvalue weighted by Gasteiger charge is 2.55. The minimum absolute atomic E-state index is 0.0526. The smallest absolute Gasteiger partial charge is 0.457 e. The average Bonchev–Trinajstić information content (AvgIpc) is 1.99. The SMILES string of the molecule is CCOC(=O)/C=C/C(F)(F)C(F)(F)F. The molecule has 82 valence electrons. The Balaban J connectivity index is 4.43. The van der Waals surface area contributed by atoms with Crippen LogP contribution in [0.3, 0.4) is 0 Å². The van der Waals surface area contributed by atoms with Crippen LogP contribution in [0.25, 0.3) is 0 Å². The molecule has 0 spiro atoms. The maximum absolute atomic E-state index is 12.1. The van der Waals surface area contributed by atoms with Gasteiger partial charge in [-0.1, -0.05) is 0 Å². The Bertz CT molecular complexity index is 231. The third kappa shape index (κ3) is 3.71. The zero-order valence-electron chi connectivity index (χ0n) is 7.07. The molecule has 0 aromatic carbocycles. The summed E-state index contributed by atoms with van der Waals surface area (Å²) in [4.78, 5) is 10.4. The molecule has 0 aliphatic rings. The summed E-state index contributed by atoms with van der Waals surface area (Å²) in [5.74, 6) is -6.25. The van der Waals surface area contributed by atoms with E-state index in [0.29, 0.717) is 0 Å². The molecule has 0 saturated heterocycles. The summed E-state index contributed by atoms with van der Waals surface area (Å²) < 4.78 is 62.9. The number of carbonyl (C=O) groups excluding carboxylic acids is 1. The van der Waals surface area contributed by atoms with Crippen molar-refractivity contribution in [3.8, 4) is 0 Å². The Morgan fingerprint density at radius 3 is 2.14 bits per heavy atom.